The van der Waals surface area contributed by atoms with Gasteiger partial charge in [0.25, 0.3) is 0 Å². The summed E-state index contributed by atoms with van der Waals surface area (Å²) in [5.74, 6) is 0.157. The van der Waals surface area contributed by atoms with Crippen molar-refractivity contribution in [2.75, 3.05) is 30.0 Å². The van der Waals surface area contributed by atoms with Crippen LogP contribution in [0.5, 0.6) is 0 Å². The second-order valence-electron chi connectivity index (χ2n) is 10.0. The van der Waals surface area contributed by atoms with Crippen molar-refractivity contribution in [2.45, 2.75) is 57.1 Å². The van der Waals surface area contributed by atoms with E-state index in [2.05, 4.69) is 10.3 Å². The maximum absolute atomic E-state index is 13.1. The van der Waals surface area contributed by atoms with E-state index < -0.39 is 11.5 Å². The molecule has 1 aromatic carbocycles. The molecule has 1 amide bonds. The van der Waals surface area contributed by atoms with Crippen molar-refractivity contribution in [1.29, 1.82) is 0 Å². The number of nitrogens with one attached hydrogen (secondary N) is 1. The first-order valence-corrected chi connectivity index (χ1v) is 11.5. The average Bonchev–Trinajstić information content (AvgIpc) is 3.52. The number of aliphatic hydroxyl groups is 1. The van der Waals surface area contributed by atoms with Crippen LogP contribution in [0.15, 0.2) is 35.3 Å². The van der Waals surface area contributed by atoms with Crippen molar-refractivity contribution in [3.05, 3.63) is 47.3 Å². The Morgan fingerprint density at radius 3 is 2.58 bits per heavy atom. The second kappa shape index (κ2) is 8.67. The van der Waals surface area contributed by atoms with Gasteiger partial charge in [-0.25, -0.2) is 0 Å². The van der Waals surface area contributed by atoms with Gasteiger partial charge >= 0.3 is 11.6 Å². The molecule has 8 heteroatoms. The molecule has 0 atom stereocenters. The van der Waals surface area contributed by atoms with Crippen molar-refractivity contribution >= 4 is 29.2 Å². The van der Waals surface area contributed by atoms with Crippen LogP contribution in [0, 0.1) is 5.92 Å². The number of hydrogen-bond acceptors (Lipinski definition) is 6. The summed E-state index contributed by atoms with van der Waals surface area (Å²) in [6.45, 7) is 3.67. The predicted octanol–water partition coefficient (Wildman–Crippen LogP) is 2.96. The highest BCUT2D eigenvalue weighted by Crippen LogP contribution is 2.39. The third-order valence-electron chi connectivity index (χ3n) is 6.69. The molecule has 2 aliphatic rings. The maximum Gasteiger partial charge on any atom is 0.325 e. The smallest absolute Gasteiger partial charge is 0.325 e. The molecular weight excluding hydrogens is 418 g/mol. The van der Waals surface area contributed by atoms with Gasteiger partial charge in [-0.3, -0.25) is 15.0 Å². The average molecular weight is 453 g/mol. The van der Waals surface area contributed by atoms with Crippen molar-refractivity contribution in [3.8, 4) is 0 Å². The van der Waals surface area contributed by atoms with Gasteiger partial charge in [0.15, 0.2) is 0 Å². The number of anilines is 3. The largest absolute Gasteiger partial charge is 0.398 e. The number of aliphatic imine (C=N–C) groups is 1. The van der Waals surface area contributed by atoms with E-state index in [1.165, 1.54) is 0 Å². The summed E-state index contributed by atoms with van der Waals surface area (Å²) in [4.78, 5) is 19.6. The number of nitrogen functional groups attached to an aromatic ring is 1. The number of nitrogens with two attached hydrogens (primary N) is 1. The Kier molecular flexibility index (Phi) is 6.05. The fraction of sp³-hybridized carbons (Fsp3) is 0.480. The summed E-state index contributed by atoms with van der Waals surface area (Å²) in [5.41, 5.74) is 9.15. The minimum atomic E-state index is -0.684. The molecule has 8 nitrogen and oxygen atoms in total. The number of aromatic nitrogens is 1. The van der Waals surface area contributed by atoms with Crippen LogP contribution >= 0.6 is 0 Å². The summed E-state index contributed by atoms with van der Waals surface area (Å²) < 4.78 is 0.998. The van der Waals surface area contributed by atoms with Crippen LogP contribution in [0.3, 0.4) is 0 Å². The Hall–Kier alpha value is -3.13. The van der Waals surface area contributed by atoms with Gasteiger partial charge in [0, 0.05) is 54.3 Å². The summed E-state index contributed by atoms with van der Waals surface area (Å²) in [6.07, 6.45) is 5.47. The Morgan fingerprint density at radius 2 is 1.97 bits per heavy atom. The Labute approximate surface area is 194 Å². The highest BCUT2D eigenvalue weighted by Gasteiger charge is 2.38. The van der Waals surface area contributed by atoms with E-state index in [0.29, 0.717) is 22.9 Å². The first kappa shape index (κ1) is 23.0. The van der Waals surface area contributed by atoms with Crippen LogP contribution < -0.4 is 20.7 Å². The Morgan fingerprint density at radius 1 is 1.27 bits per heavy atom. The van der Waals surface area contributed by atoms with Gasteiger partial charge in [0.05, 0.1) is 23.0 Å². The maximum atomic E-state index is 13.1. The number of rotatable bonds is 7. The van der Waals surface area contributed by atoms with Crippen LogP contribution in [0.25, 0.3) is 0 Å². The van der Waals surface area contributed by atoms with E-state index >= 15 is 0 Å². The fourth-order valence-electron chi connectivity index (χ4n) is 4.24. The molecule has 2 aliphatic carbocycles. The van der Waals surface area contributed by atoms with Crippen molar-refractivity contribution in [1.82, 2.24) is 0 Å². The quantitative estimate of drug-likeness (QED) is 0.223. The zero-order valence-electron chi connectivity index (χ0n) is 19.7. The van der Waals surface area contributed by atoms with Gasteiger partial charge in [-0.1, -0.05) is 0 Å². The van der Waals surface area contributed by atoms with Crippen LogP contribution in [0.2, 0.25) is 0 Å². The normalized spacial score (nSPS) is 20.5. The molecule has 0 radical (unpaired) electrons. The number of pyridine rings is 1. The van der Waals surface area contributed by atoms with E-state index in [1.807, 2.05) is 51.0 Å². The van der Waals surface area contributed by atoms with E-state index in [1.54, 1.807) is 18.3 Å². The molecule has 0 unspecified atom stereocenters. The molecule has 2 aromatic rings. The first-order valence-electron chi connectivity index (χ1n) is 11.5. The highest BCUT2D eigenvalue weighted by atomic mass is 16.5. The molecule has 1 heterocycles. The van der Waals surface area contributed by atoms with Gasteiger partial charge in [0.1, 0.15) is 0 Å². The number of amides is 1. The zero-order valence-corrected chi connectivity index (χ0v) is 19.7. The summed E-state index contributed by atoms with van der Waals surface area (Å²) >= 11 is 0. The zero-order chi connectivity index (χ0) is 23.9. The SMILES string of the molecule is CN(C)c1cc(N)c(C=NC2CC(C(C)(C)O)C2)cc1NC(=O)c1cccc(C2CC2)[n+]1O. The molecule has 4 rings (SSSR count). The van der Waals surface area contributed by atoms with Gasteiger partial charge in [-0.15, -0.1) is 0 Å². The second-order valence-corrected chi connectivity index (χ2v) is 10.0. The van der Waals surface area contributed by atoms with Crippen LogP contribution in [0.1, 0.15) is 67.2 Å². The Bertz CT molecular complexity index is 1080. The van der Waals surface area contributed by atoms with Crippen LogP contribution in [0.4, 0.5) is 17.1 Å². The van der Waals surface area contributed by atoms with Gasteiger partial charge in [0.2, 0.25) is 5.69 Å². The third kappa shape index (κ3) is 4.95. The molecule has 0 aliphatic heterocycles. The van der Waals surface area contributed by atoms with Crippen LogP contribution in [-0.2, 0) is 0 Å². The lowest BCUT2D eigenvalue weighted by Crippen LogP contribution is -2.43. The van der Waals surface area contributed by atoms with Gasteiger partial charge < -0.3 is 21.1 Å². The summed E-state index contributed by atoms with van der Waals surface area (Å²) in [7, 11) is 3.76. The van der Waals surface area contributed by atoms with E-state index in [4.69, 9.17) is 5.73 Å². The molecule has 2 saturated carbocycles. The van der Waals surface area contributed by atoms with Crippen molar-refractivity contribution in [3.63, 3.8) is 0 Å². The lowest BCUT2D eigenvalue weighted by Gasteiger charge is -2.40. The molecule has 0 spiro atoms. The minimum absolute atomic E-state index is 0.158. The molecule has 33 heavy (non-hydrogen) atoms. The lowest BCUT2D eigenvalue weighted by atomic mass is 9.71. The topological polar surface area (TPSA) is 115 Å². The number of carbonyl (C=O) groups excluding carboxylic acids is 1. The van der Waals surface area contributed by atoms with Crippen molar-refractivity contribution < 1.29 is 19.8 Å². The number of carbonyl (C=O) groups is 1. The van der Waals surface area contributed by atoms with Gasteiger partial charge in [-0.2, -0.15) is 0 Å². The molecule has 1 aromatic heterocycles. The summed E-state index contributed by atoms with van der Waals surface area (Å²) in [5, 5.41) is 23.6. The number of benzene rings is 1. The molecule has 0 bridgehead atoms. The van der Waals surface area contributed by atoms with E-state index in [0.717, 1.165) is 41.8 Å². The van der Waals surface area contributed by atoms with Crippen LogP contribution in [-0.4, -0.2) is 48.2 Å². The molecule has 176 valence electrons. The third-order valence-corrected chi connectivity index (χ3v) is 6.69. The van der Waals surface area contributed by atoms with Gasteiger partial charge in [-0.05, 0) is 63.6 Å². The molecule has 2 fully saturated rings. The molecule has 5 N–H and O–H groups in total. The number of nitrogens with zero attached hydrogens (tertiary/aromatic N) is 3. The monoisotopic (exact) mass is 452 g/mol. The fourth-order valence-corrected chi connectivity index (χ4v) is 4.24. The summed E-state index contributed by atoms with van der Waals surface area (Å²) in [6, 6.07) is 9.02. The minimum Gasteiger partial charge on any atom is -0.398 e. The molecule has 0 saturated heterocycles. The Balaban J connectivity index is 1.55. The first-order chi connectivity index (χ1) is 15.5. The lowest BCUT2D eigenvalue weighted by molar-refractivity contribution is -0.910. The number of hydrogen-bond donors (Lipinski definition) is 4. The highest BCUT2D eigenvalue weighted by molar-refractivity contribution is 6.05. The predicted molar refractivity (Wildman–Crippen MR) is 129 cm³/mol. The van der Waals surface area contributed by atoms with E-state index in [9.17, 15) is 15.1 Å². The molecular formula is C25H34N5O3+. The standard InChI is InChI=1S/C25H33N5O3/c1-25(2,32)17-11-18(12-17)27-14-16-10-20(23(29(3)4)13-19(16)26)28-24(31)22-7-5-6-21(30(22)33)15-8-9-15/h5-7,10,13-15,17-18,26,31-33H,8-9,11-12H2,1-4H3/p+1. The van der Waals surface area contributed by atoms with Crippen molar-refractivity contribution in [2.24, 2.45) is 10.9 Å². The van der Waals surface area contributed by atoms with E-state index in [-0.39, 0.29) is 17.7 Å².